The van der Waals surface area contributed by atoms with Gasteiger partial charge in [-0.25, -0.2) is 4.79 Å². The number of carbonyl (C=O) groups excluding carboxylic acids is 1. The Hall–Kier alpha value is -2.10. The van der Waals surface area contributed by atoms with Crippen molar-refractivity contribution < 1.29 is 15.0 Å². The fourth-order valence-electron chi connectivity index (χ4n) is 1.47. The monoisotopic (exact) mass is 263 g/mol. The Kier molecular flexibility index (Phi) is 5.30. The van der Waals surface area contributed by atoms with E-state index in [1.807, 2.05) is 6.07 Å². The zero-order valence-corrected chi connectivity index (χ0v) is 10.7. The van der Waals surface area contributed by atoms with Gasteiger partial charge in [0.05, 0.1) is 30.4 Å². The maximum atomic E-state index is 11.7. The number of amides is 2. The van der Waals surface area contributed by atoms with Crippen molar-refractivity contribution in [3.63, 3.8) is 0 Å². The van der Waals surface area contributed by atoms with Crippen molar-refractivity contribution in [3.05, 3.63) is 29.8 Å². The van der Waals surface area contributed by atoms with E-state index >= 15 is 0 Å². The summed E-state index contributed by atoms with van der Waals surface area (Å²) < 4.78 is 0. The van der Waals surface area contributed by atoms with Gasteiger partial charge in [0.1, 0.15) is 0 Å². The number of rotatable bonds is 5. The number of nitrogens with zero attached hydrogens (tertiary/aromatic N) is 1. The predicted octanol–water partition coefficient (Wildman–Crippen LogP) is 0.813. The largest absolute Gasteiger partial charge is 0.394 e. The van der Waals surface area contributed by atoms with E-state index in [2.05, 4.69) is 10.6 Å². The minimum absolute atomic E-state index is 0.346. The summed E-state index contributed by atoms with van der Waals surface area (Å²) in [6, 6.07) is 7.83. The van der Waals surface area contributed by atoms with Crippen LogP contribution in [0.5, 0.6) is 0 Å². The number of hydrogen-bond donors (Lipinski definition) is 4. The second-order valence-electron chi connectivity index (χ2n) is 4.22. The smallest absolute Gasteiger partial charge is 0.319 e. The molecule has 0 aliphatic rings. The minimum Gasteiger partial charge on any atom is -0.394 e. The van der Waals surface area contributed by atoms with Gasteiger partial charge in [0.2, 0.25) is 0 Å². The fraction of sp³-hybridized carbons (Fsp3) is 0.385. The number of carbonyl (C=O) groups is 1. The van der Waals surface area contributed by atoms with E-state index in [1.54, 1.807) is 31.2 Å². The summed E-state index contributed by atoms with van der Waals surface area (Å²) in [7, 11) is 0. The van der Waals surface area contributed by atoms with Gasteiger partial charge in [0.25, 0.3) is 0 Å². The first kappa shape index (κ1) is 15.0. The molecule has 19 heavy (non-hydrogen) atoms. The number of hydrogen-bond acceptors (Lipinski definition) is 4. The van der Waals surface area contributed by atoms with Crippen LogP contribution in [-0.4, -0.2) is 35.0 Å². The van der Waals surface area contributed by atoms with Gasteiger partial charge in [-0.05, 0) is 30.7 Å². The highest BCUT2D eigenvalue weighted by atomic mass is 16.3. The normalized spacial score (nSPS) is 10.6. The molecule has 0 atom stereocenters. The van der Waals surface area contributed by atoms with Gasteiger partial charge in [-0.3, -0.25) is 0 Å². The molecule has 0 radical (unpaired) electrons. The van der Waals surface area contributed by atoms with Crippen molar-refractivity contribution in [1.82, 2.24) is 5.32 Å². The number of urea groups is 1. The van der Waals surface area contributed by atoms with Crippen LogP contribution in [0.2, 0.25) is 0 Å². The van der Waals surface area contributed by atoms with Crippen molar-refractivity contribution in [3.8, 4) is 6.07 Å². The summed E-state index contributed by atoms with van der Waals surface area (Å²) in [4.78, 5) is 11.7. The summed E-state index contributed by atoms with van der Waals surface area (Å²) in [5, 5.41) is 32.2. The molecule has 0 fully saturated rings. The van der Waals surface area contributed by atoms with E-state index in [0.29, 0.717) is 17.7 Å². The van der Waals surface area contributed by atoms with E-state index in [9.17, 15) is 15.0 Å². The Morgan fingerprint density at radius 2 is 1.89 bits per heavy atom. The highest BCUT2D eigenvalue weighted by Gasteiger charge is 2.28. The Morgan fingerprint density at radius 3 is 2.32 bits per heavy atom. The topological polar surface area (TPSA) is 105 Å². The van der Waals surface area contributed by atoms with Gasteiger partial charge in [-0.2, -0.15) is 5.26 Å². The lowest BCUT2D eigenvalue weighted by atomic mass is 9.99. The molecule has 6 nitrogen and oxygen atoms in total. The molecule has 102 valence electrons. The summed E-state index contributed by atoms with van der Waals surface area (Å²) in [6.45, 7) is 1.07. The predicted molar refractivity (Wildman–Crippen MR) is 70.5 cm³/mol. The number of nitrogens with one attached hydrogen (secondary N) is 2. The van der Waals surface area contributed by atoms with Crippen LogP contribution in [0, 0.1) is 11.3 Å². The summed E-state index contributed by atoms with van der Waals surface area (Å²) in [5.74, 6) is 0. The molecule has 0 saturated heterocycles. The lowest BCUT2D eigenvalue weighted by Crippen LogP contribution is -2.55. The van der Waals surface area contributed by atoms with Crippen LogP contribution in [0.4, 0.5) is 10.5 Å². The lowest BCUT2D eigenvalue weighted by molar-refractivity contribution is 0.0955. The standard InChI is InChI=1S/C13H17N3O3/c1-2-13(8-17,9-18)16-12(19)15-11-5-3-10(7-14)4-6-11/h3-6,17-18H,2,8-9H2,1H3,(H2,15,16,19). The lowest BCUT2D eigenvalue weighted by Gasteiger charge is -2.29. The summed E-state index contributed by atoms with van der Waals surface area (Å²) in [5.41, 5.74) is -0.00611. The van der Waals surface area contributed by atoms with Crippen molar-refractivity contribution in [2.75, 3.05) is 18.5 Å². The SMILES string of the molecule is CCC(CO)(CO)NC(=O)Nc1ccc(C#N)cc1. The zero-order valence-electron chi connectivity index (χ0n) is 10.7. The Bertz CT molecular complexity index is 453. The molecule has 0 saturated carbocycles. The molecular weight excluding hydrogens is 246 g/mol. The molecular formula is C13H17N3O3. The van der Waals surface area contributed by atoms with Crippen LogP contribution in [0.3, 0.4) is 0 Å². The Morgan fingerprint density at radius 1 is 1.32 bits per heavy atom. The first-order valence-corrected chi connectivity index (χ1v) is 5.90. The number of anilines is 1. The van der Waals surface area contributed by atoms with Crippen LogP contribution in [0.1, 0.15) is 18.9 Å². The van der Waals surface area contributed by atoms with Crippen LogP contribution in [0.15, 0.2) is 24.3 Å². The van der Waals surface area contributed by atoms with Gasteiger partial charge < -0.3 is 20.8 Å². The second kappa shape index (κ2) is 6.73. The van der Waals surface area contributed by atoms with Gasteiger partial charge in [-0.15, -0.1) is 0 Å². The number of benzene rings is 1. The molecule has 2 amide bonds. The summed E-state index contributed by atoms with van der Waals surface area (Å²) >= 11 is 0. The second-order valence-corrected chi connectivity index (χ2v) is 4.22. The van der Waals surface area contributed by atoms with E-state index in [-0.39, 0.29) is 13.2 Å². The molecule has 1 aromatic rings. The van der Waals surface area contributed by atoms with Gasteiger partial charge in [0.15, 0.2) is 0 Å². The number of aliphatic hydroxyl groups excluding tert-OH is 2. The van der Waals surface area contributed by atoms with Gasteiger partial charge in [-0.1, -0.05) is 6.92 Å². The molecule has 0 bridgehead atoms. The van der Waals surface area contributed by atoms with Crippen LogP contribution >= 0.6 is 0 Å². The maximum Gasteiger partial charge on any atom is 0.319 e. The average Bonchev–Trinajstić information content (AvgIpc) is 2.46. The molecule has 1 rings (SSSR count). The minimum atomic E-state index is -1.03. The van der Waals surface area contributed by atoms with E-state index in [1.165, 1.54) is 0 Å². The molecule has 1 aromatic carbocycles. The van der Waals surface area contributed by atoms with Crippen LogP contribution in [-0.2, 0) is 0 Å². The molecule has 0 aliphatic heterocycles. The van der Waals surface area contributed by atoms with Crippen LogP contribution in [0.25, 0.3) is 0 Å². The maximum absolute atomic E-state index is 11.7. The average molecular weight is 263 g/mol. The summed E-state index contributed by atoms with van der Waals surface area (Å²) in [6.07, 6.45) is 0.404. The Balaban J connectivity index is 2.66. The van der Waals surface area contributed by atoms with Gasteiger partial charge >= 0.3 is 6.03 Å². The third kappa shape index (κ3) is 3.95. The van der Waals surface area contributed by atoms with Gasteiger partial charge in [0, 0.05) is 5.69 Å². The molecule has 0 unspecified atom stereocenters. The molecule has 4 N–H and O–H groups in total. The van der Waals surface area contributed by atoms with Crippen molar-refractivity contribution >= 4 is 11.7 Å². The Labute approximate surface area is 111 Å². The molecule has 0 heterocycles. The van der Waals surface area contributed by atoms with E-state index < -0.39 is 11.6 Å². The van der Waals surface area contributed by atoms with Crippen molar-refractivity contribution in [2.24, 2.45) is 0 Å². The highest BCUT2D eigenvalue weighted by molar-refractivity contribution is 5.89. The van der Waals surface area contributed by atoms with E-state index in [0.717, 1.165) is 0 Å². The van der Waals surface area contributed by atoms with Crippen LogP contribution < -0.4 is 10.6 Å². The first-order chi connectivity index (χ1) is 9.09. The molecule has 0 aromatic heterocycles. The number of aliphatic hydroxyl groups is 2. The first-order valence-electron chi connectivity index (χ1n) is 5.90. The quantitative estimate of drug-likeness (QED) is 0.631. The third-order valence-electron chi connectivity index (χ3n) is 2.93. The van der Waals surface area contributed by atoms with Crippen molar-refractivity contribution in [2.45, 2.75) is 18.9 Å². The highest BCUT2D eigenvalue weighted by Crippen LogP contribution is 2.11. The third-order valence-corrected chi connectivity index (χ3v) is 2.93. The molecule has 0 aliphatic carbocycles. The molecule has 6 heteroatoms. The zero-order chi connectivity index (χ0) is 14.3. The van der Waals surface area contributed by atoms with E-state index in [4.69, 9.17) is 5.26 Å². The number of nitriles is 1. The fourth-order valence-corrected chi connectivity index (χ4v) is 1.47. The molecule has 0 spiro atoms. The van der Waals surface area contributed by atoms with Crippen molar-refractivity contribution in [1.29, 1.82) is 5.26 Å².